The molecule has 2 saturated heterocycles. The van der Waals surface area contributed by atoms with E-state index in [4.69, 9.17) is 11.6 Å². The third-order valence-corrected chi connectivity index (χ3v) is 5.53. The lowest BCUT2D eigenvalue weighted by atomic mass is 9.91. The number of piperidine rings is 1. The first kappa shape index (κ1) is 16.2. The lowest BCUT2D eigenvalue weighted by Gasteiger charge is -2.36. The Balaban J connectivity index is 1.58. The summed E-state index contributed by atoms with van der Waals surface area (Å²) in [4.78, 5) is 33.5. The number of rotatable bonds is 2. The van der Waals surface area contributed by atoms with Gasteiger partial charge in [0.15, 0.2) is 0 Å². The third-order valence-electron chi connectivity index (χ3n) is 5.14. The topological polar surface area (TPSA) is 75.1 Å². The van der Waals surface area contributed by atoms with E-state index in [-0.39, 0.29) is 11.9 Å². The number of likely N-dealkylation sites (tertiary alicyclic amines) is 1. The van der Waals surface area contributed by atoms with Crippen molar-refractivity contribution in [3.63, 3.8) is 0 Å². The van der Waals surface area contributed by atoms with Crippen molar-refractivity contribution in [1.82, 2.24) is 24.8 Å². The number of anilines is 1. The van der Waals surface area contributed by atoms with Gasteiger partial charge in [-0.1, -0.05) is 11.6 Å². The molecule has 2 aliphatic rings. The van der Waals surface area contributed by atoms with Crippen LogP contribution in [0.15, 0.2) is 25.0 Å². The number of fused-ring (bicyclic) bond motifs is 1. The molecule has 7 nitrogen and oxygen atoms in total. The Bertz CT molecular complexity index is 786. The Morgan fingerprint density at radius 2 is 2.00 bits per heavy atom. The first-order valence-corrected chi connectivity index (χ1v) is 8.81. The second kappa shape index (κ2) is 6.55. The van der Waals surface area contributed by atoms with E-state index in [1.807, 2.05) is 11.8 Å². The van der Waals surface area contributed by atoms with Crippen LogP contribution in [0.3, 0.4) is 0 Å². The van der Waals surface area contributed by atoms with Gasteiger partial charge < -0.3 is 9.80 Å². The quantitative estimate of drug-likeness (QED) is 0.764. The zero-order chi connectivity index (χ0) is 17.4. The van der Waals surface area contributed by atoms with Crippen LogP contribution >= 0.6 is 11.6 Å². The van der Waals surface area contributed by atoms with Gasteiger partial charge in [-0.15, -0.1) is 0 Å². The molecule has 130 valence electrons. The van der Waals surface area contributed by atoms with Crippen LogP contribution in [0, 0.1) is 12.8 Å². The summed E-state index contributed by atoms with van der Waals surface area (Å²) in [6.45, 7) is 4.35. The van der Waals surface area contributed by atoms with E-state index in [2.05, 4.69) is 24.8 Å². The number of aromatic nitrogens is 4. The van der Waals surface area contributed by atoms with Gasteiger partial charge in [0.2, 0.25) is 0 Å². The second-order valence-electron chi connectivity index (χ2n) is 6.61. The van der Waals surface area contributed by atoms with E-state index in [0.29, 0.717) is 16.6 Å². The molecule has 4 heterocycles. The highest BCUT2D eigenvalue weighted by molar-refractivity contribution is 6.30. The van der Waals surface area contributed by atoms with Gasteiger partial charge in [0.05, 0.1) is 11.6 Å². The Morgan fingerprint density at radius 1 is 1.20 bits per heavy atom. The second-order valence-corrected chi connectivity index (χ2v) is 6.97. The number of carbonyl (C=O) groups excluding carboxylic acids is 1. The van der Waals surface area contributed by atoms with Crippen LogP contribution < -0.4 is 4.90 Å². The molecule has 1 amide bonds. The van der Waals surface area contributed by atoms with Crippen molar-refractivity contribution in [2.75, 3.05) is 24.5 Å². The lowest BCUT2D eigenvalue weighted by molar-refractivity contribution is 0.0574. The zero-order valence-electron chi connectivity index (χ0n) is 14.0. The van der Waals surface area contributed by atoms with Gasteiger partial charge in [-0.3, -0.25) is 4.79 Å². The molecular formula is C17H19ClN6O. The Hall–Kier alpha value is -2.28. The maximum atomic E-state index is 12.9. The average molecular weight is 359 g/mol. The van der Waals surface area contributed by atoms with Crippen LogP contribution in [-0.2, 0) is 0 Å². The minimum atomic E-state index is 0.00888. The van der Waals surface area contributed by atoms with Crippen molar-refractivity contribution in [3.05, 3.63) is 41.3 Å². The van der Waals surface area contributed by atoms with Gasteiger partial charge in [-0.2, -0.15) is 0 Å². The molecule has 0 radical (unpaired) electrons. The molecule has 0 aromatic carbocycles. The molecule has 0 aliphatic carbocycles. The van der Waals surface area contributed by atoms with E-state index < -0.39 is 0 Å². The molecule has 2 atom stereocenters. The number of amides is 1. The third kappa shape index (κ3) is 2.93. The molecule has 25 heavy (non-hydrogen) atoms. The Morgan fingerprint density at radius 3 is 2.80 bits per heavy atom. The van der Waals surface area contributed by atoms with Crippen molar-refractivity contribution in [3.8, 4) is 0 Å². The van der Waals surface area contributed by atoms with E-state index in [1.165, 1.54) is 12.7 Å². The lowest BCUT2D eigenvalue weighted by Crippen LogP contribution is -2.48. The van der Waals surface area contributed by atoms with Crippen molar-refractivity contribution in [2.45, 2.75) is 25.8 Å². The number of hydrogen-bond donors (Lipinski definition) is 0. The number of nitrogens with zero attached hydrogens (tertiary/aromatic N) is 6. The SMILES string of the molecule is Cc1c(Cl)ncnc1N1C[C@@H]2CCCN(C(=O)c3cncnc3)[C@@H]2C1. The molecule has 8 heteroatoms. The van der Waals surface area contributed by atoms with Crippen LogP contribution in [-0.4, -0.2) is 56.4 Å². The van der Waals surface area contributed by atoms with Crippen LogP contribution in [0.2, 0.25) is 5.15 Å². The highest BCUT2D eigenvalue weighted by Crippen LogP contribution is 2.35. The summed E-state index contributed by atoms with van der Waals surface area (Å²) in [5.74, 6) is 1.31. The molecule has 4 rings (SSSR count). The smallest absolute Gasteiger partial charge is 0.257 e. The molecule has 0 unspecified atom stereocenters. The summed E-state index contributed by atoms with van der Waals surface area (Å²) in [6, 6.07) is 0.176. The molecule has 0 saturated carbocycles. The first-order valence-electron chi connectivity index (χ1n) is 8.43. The van der Waals surface area contributed by atoms with Gasteiger partial charge in [0.1, 0.15) is 23.6 Å². The van der Waals surface area contributed by atoms with Crippen LogP contribution in [0.25, 0.3) is 0 Å². The van der Waals surface area contributed by atoms with Crippen molar-refractivity contribution in [2.24, 2.45) is 5.92 Å². The van der Waals surface area contributed by atoms with Crippen molar-refractivity contribution in [1.29, 1.82) is 0 Å². The van der Waals surface area contributed by atoms with Gasteiger partial charge >= 0.3 is 0 Å². The minimum absolute atomic E-state index is 0.00888. The van der Waals surface area contributed by atoms with Gasteiger partial charge in [-0.25, -0.2) is 19.9 Å². The summed E-state index contributed by atoms with van der Waals surface area (Å²) in [5.41, 5.74) is 1.43. The summed E-state index contributed by atoms with van der Waals surface area (Å²) < 4.78 is 0. The Kier molecular flexibility index (Phi) is 4.25. The van der Waals surface area contributed by atoms with E-state index in [1.54, 1.807) is 12.4 Å². The monoisotopic (exact) mass is 358 g/mol. The van der Waals surface area contributed by atoms with Gasteiger partial charge in [0.25, 0.3) is 5.91 Å². The fourth-order valence-electron chi connectivity index (χ4n) is 3.92. The number of halogens is 1. The molecule has 0 spiro atoms. The van der Waals surface area contributed by atoms with Crippen LogP contribution in [0.4, 0.5) is 5.82 Å². The number of carbonyl (C=O) groups is 1. The molecular weight excluding hydrogens is 340 g/mol. The van der Waals surface area contributed by atoms with Crippen LogP contribution in [0.1, 0.15) is 28.8 Å². The summed E-state index contributed by atoms with van der Waals surface area (Å²) in [6.07, 6.45) is 8.23. The average Bonchev–Trinajstić information content (AvgIpc) is 3.08. The predicted molar refractivity (Wildman–Crippen MR) is 93.6 cm³/mol. The fraction of sp³-hybridized carbons (Fsp3) is 0.471. The van der Waals surface area contributed by atoms with E-state index >= 15 is 0 Å². The van der Waals surface area contributed by atoms with E-state index in [0.717, 1.165) is 43.9 Å². The maximum Gasteiger partial charge on any atom is 0.257 e. The highest BCUT2D eigenvalue weighted by atomic mass is 35.5. The van der Waals surface area contributed by atoms with Crippen molar-refractivity contribution >= 4 is 23.3 Å². The molecule has 2 aromatic heterocycles. The standard InChI is InChI=1S/C17H19ClN6O/c1-11-15(18)21-10-22-16(11)23-7-12-3-2-4-24(14(12)8-23)17(25)13-5-19-9-20-6-13/h5-6,9-10,12,14H,2-4,7-8H2,1H3/t12-,14+/m0/s1. The number of hydrogen-bond acceptors (Lipinski definition) is 6. The van der Waals surface area contributed by atoms with Crippen molar-refractivity contribution < 1.29 is 4.79 Å². The largest absolute Gasteiger partial charge is 0.354 e. The van der Waals surface area contributed by atoms with Crippen LogP contribution in [0.5, 0.6) is 0 Å². The molecule has 0 N–H and O–H groups in total. The first-order chi connectivity index (χ1) is 12.1. The molecule has 2 fully saturated rings. The summed E-state index contributed by atoms with van der Waals surface area (Å²) >= 11 is 6.15. The predicted octanol–water partition coefficient (Wildman–Crippen LogP) is 1.97. The minimum Gasteiger partial charge on any atom is -0.354 e. The van der Waals surface area contributed by atoms with Gasteiger partial charge in [-0.05, 0) is 25.7 Å². The summed E-state index contributed by atoms with van der Waals surface area (Å²) in [5, 5.41) is 0.481. The zero-order valence-corrected chi connectivity index (χ0v) is 14.7. The molecule has 0 bridgehead atoms. The molecule has 2 aromatic rings. The highest BCUT2D eigenvalue weighted by Gasteiger charge is 2.42. The maximum absolute atomic E-state index is 12.9. The van der Waals surface area contributed by atoms with Gasteiger partial charge in [0, 0.05) is 37.6 Å². The summed E-state index contributed by atoms with van der Waals surface area (Å²) in [7, 11) is 0. The Labute approximate surface area is 151 Å². The fourth-order valence-corrected chi connectivity index (χ4v) is 4.05. The molecule has 2 aliphatic heterocycles. The normalized spacial score (nSPS) is 22.8. The van der Waals surface area contributed by atoms with E-state index in [9.17, 15) is 4.79 Å².